The third-order valence-electron chi connectivity index (χ3n) is 21.4. The molecule has 16 fully saturated rings. The predicted molar refractivity (Wildman–Crippen MR) is 613 cm³/mol. The van der Waals surface area contributed by atoms with Crippen LogP contribution in [0, 0.1) is 35.5 Å². The maximum atomic E-state index is 10.1. The number of ether oxygens (including phenoxy) is 7. The number of aryl methyl sites for hydroxylation is 2. The summed E-state index contributed by atoms with van der Waals surface area (Å²) in [7, 11) is 0. The number of piperazine rings is 2. The summed E-state index contributed by atoms with van der Waals surface area (Å²) in [5, 5.41) is 32.7. The van der Waals surface area contributed by atoms with Crippen molar-refractivity contribution in [2.75, 3.05) is 240 Å². The summed E-state index contributed by atoms with van der Waals surface area (Å²) in [5.41, 5.74) is 3.16. The van der Waals surface area contributed by atoms with Gasteiger partial charge in [-0.25, -0.2) is 0 Å². The highest BCUT2D eigenvalue weighted by Crippen LogP contribution is 2.53. The van der Waals surface area contributed by atoms with Gasteiger partial charge in [0, 0.05) is 116 Å². The normalized spacial score (nSPS) is 21.6. The van der Waals surface area contributed by atoms with Crippen molar-refractivity contribution in [1.82, 2.24) is 58.1 Å². The van der Waals surface area contributed by atoms with E-state index < -0.39 is 0 Å². The monoisotopic (exact) mass is 1960 g/mol. The van der Waals surface area contributed by atoms with Crippen LogP contribution in [-0.2, 0) is 41.3 Å². The minimum absolute atomic E-state index is 0.500. The molecule has 2 aromatic rings. The number of piperidine rings is 2. The Labute approximate surface area is 854 Å². The van der Waals surface area contributed by atoms with E-state index in [4.69, 9.17) is 33.2 Å². The Hall–Kier alpha value is -2.39. The highest BCUT2D eigenvalue weighted by Gasteiger charge is 2.49. The fourth-order valence-electron chi connectivity index (χ4n) is 15.0. The van der Waals surface area contributed by atoms with Gasteiger partial charge in [-0.05, 0) is 277 Å². The second kappa shape index (κ2) is 147. The van der Waals surface area contributed by atoms with E-state index in [-0.39, 0.29) is 0 Å². The van der Waals surface area contributed by atoms with Crippen LogP contribution in [0.2, 0.25) is 0 Å². The lowest BCUT2D eigenvalue weighted by molar-refractivity contribution is -0.118. The first-order chi connectivity index (χ1) is 67.3. The Morgan fingerprint density at radius 2 is 0.548 bits per heavy atom. The number of benzene rings is 2. The fourth-order valence-corrected chi connectivity index (χ4v) is 16.8. The second-order valence-corrected chi connectivity index (χ2v) is 32.5. The third kappa shape index (κ3) is 107. The Kier molecular flexibility index (Phi) is 166. The molecule has 2 aromatic carbocycles. The minimum Gasteiger partial charge on any atom is -0.486 e. The van der Waals surface area contributed by atoms with Gasteiger partial charge in [-0.3, -0.25) is 4.79 Å². The Balaban J connectivity index is -0.000000152. The topological polar surface area (TPSA) is 205 Å². The third-order valence-corrected chi connectivity index (χ3v) is 23.6. The molecule has 1 amide bonds. The van der Waals surface area contributed by atoms with E-state index in [0.717, 1.165) is 178 Å². The number of hydrogen-bond acceptors (Lipinski definition) is 20. The van der Waals surface area contributed by atoms with Crippen LogP contribution in [0.3, 0.4) is 0 Å². The van der Waals surface area contributed by atoms with Gasteiger partial charge in [0.15, 0.2) is 11.5 Å². The molecule has 816 valence electrons. The van der Waals surface area contributed by atoms with Gasteiger partial charge in [0.05, 0.1) is 26.4 Å². The van der Waals surface area contributed by atoms with Crippen LogP contribution in [0.4, 0.5) is 0 Å². The number of amides is 1. The van der Waals surface area contributed by atoms with Crippen molar-refractivity contribution in [2.24, 2.45) is 35.5 Å². The molecule has 6 unspecified atom stereocenters. The van der Waals surface area contributed by atoms with Crippen molar-refractivity contribution >= 4 is 29.9 Å². The molecule has 2 bridgehead atoms. The first-order valence-corrected chi connectivity index (χ1v) is 60.3. The van der Waals surface area contributed by atoms with Gasteiger partial charge in [0.2, 0.25) is 6.41 Å². The average molecular weight is 1960 g/mol. The van der Waals surface area contributed by atoms with Gasteiger partial charge in [0.1, 0.15) is 20.0 Å². The average Bonchev–Trinajstić information content (AvgIpc) is 1.64. The number of fused-ring (bicyclic) bond motifs is 8. The summed E-state index contributed by atoms with van der Waals surface area (Å²) in [6.45, 7) is 94.8. The highest BCUT2D eigenvalue weighted by atomic mass is 32.2. The zero-order chi connectivity index (χ0) is 103. The molecule has 4 aliphatic carbocycles. The predicted octanol–water partition coefficient (Wildman–Crippen LogP) is 26.4. The largest absolute Gasteiger partial charge is 0.486 e. The van der Waals surface area contributed by atoms with E-state index in [9.17, 15) is 4.79 Å². The van der Waals surface area contributed by atoms with E-state index in [1.54, 1.807) is 35.3 Å². The van der Waals surface area contributed by atoms with Gasteiger partial charge in [-0.15, -0.1) is 0 Å². The summed E-state index contributed by atoms with van der Waals surface area (Å²) in [4.78, 5) is 11.8. The molecule has 14 aliphatic heterocycles. The molecule has 0 spiro atoms. The smallest absolute Gasteiger partial charge is 0.209 e. The summed E-state index contributed by atoms with van der Waals surface area (Å²) in [6, 6.07) is 16.5. The number of carbonyl (C=O) groups excluding carboxylic acids is 1. The molecular weight excluding hydrogens is 1720 g/mol. The molecule has 13 saturated heterocycles. The summed E-state index contributed by atoms with van der Waals surface area (Å²) in [5.74, 6) is 13.8. The molecule has 20 rings (SSSR count). The van der Waals surface area contributed by atoms with Gasteiger partial charge < -0.3 is 91.2 Å². The number of nitrogens with one attached hydrogen (secondary N) is 10. The number of hydrogen-bond donors (Lipinski definition) is 10. The van der Waals surface area contributed by atoms with Gasteiger partial charge in [-0.1, -0.05) is 283 Å². The SMILES string of the molecule is C1CC2CC1C1CNCC21.C1CCCNCC1.C1CCCOCC1.C1CCNC1.C1CCNCC1.C1CCOCC1.C1CCSCC1.C1CNCCN1.C1COCCN1.C1COCOC1.C1CSCCN1.C1NCC2CC12.CC.CC.CC.CC.CC.CC.CC.CC.CC.CC.CC.CC.CC.CC.CC.O=CN1CCNCC1.c1ccc2c(c1)CCCC2.c1ccc2c(c1)OCCO2. The summed E-state index contributed by atoms with van der Waals surface area (Å²) >= 11 is 4.13. The summed E-state index contributed by atoms with van der Waals surface area (Å²) < 4.78 is 35.6. The minimum atomic E-state index is 0.500. The van der Waals surface area contributed by atoms with Crippen molar-refractivity contribution in [3.05, 3.63) is 59.7 Å². The maximum absolute atomic E-state index is 10.1. The Bertz CT molecular complexity index is 1850. The number of morpholine rings is 1. The van der Waals surface area contributed by atoms with Gasteiger partial charge in [0.25, 0.3) is 0 Å². The molecule has 18 aliphatic rings. The zero-order valence-corrected chi connectivity index (χ0v) is 97.8. The first kappa shape index (κ1) is 153. The van der Waals surface area contributed by atoms with Crippen LogP contribution in [0.25, 0.3) is 0 Å². The van der Waals surface area contributed by atoms with Crippen molar-refractivity contribution < 1.29 is 38.0 Å². The van der Waals surface area contributed by atoms with Crippen LogP contribution < -0.4 is 62.6 Å². The van der Waals surface area contributed by atoms with Crippen molar-refractivity contribution in [1.29, 1.82) is 0 Å². The molecule has 0 radical (unpaired) electrons. The Morgan fingerprint density at radius 1 is 0.259 bits per heavy atom. The first-order valence-electron chi connectivity index (χ1n) is 58.0. The van der Waals surface area contributed by atoms with E-state index in [0.29, 0.717) is 20.0 Å². The molecule has 10 N–H and O–H groups in total. The number of para-hydroxylation sites is 2. The molecular formula is C114H245N11O8S2. The lowest BCUT2D eigenvalue weighted by Crippen LogP contribution is -2.42. The lowest BCUT2D eigenvalue weighted by Gasteiger charge is -2.22. The van der Waals surface area contributed by atoms with Crippen LogP contribution >= 0.6 is 23.5 Å². The van der Waals surface area contributed by atoms with E-state index in [1.807, 2.05) is 244 Å². The summed E-state index contributed by atoms with van der Waals surface area (Å²) in [6.07, 6.45) is 39.8. The number of carbonyl (C=O) groups is 1. The van der Waals surface area contributed by atoms with Crippen LogP contribution in [0.15, 0.2) is 48.5 Å². The highest BCUT2D eigenvalue weighted by molar-refractivity contribution is 7.99. The van der Waals surface area contributed by atoms with Gasteiger partial charge >= 0.3 is 0 Å². The molecule has 6 atom stereocenters. The van der Waals surface area contributed by atoms with E-state index in [2.05, 4.69) is 89.2 Å². The van der Waals surface area contributed by atoms with Crippen LogP contribution in [0.5, 0.6) is 11.5 Å². The van der Waals surface area contributed by atoms with Crippen LogP contribution in [0.1, 0.15) is 386 Å². The van der Waals surface area contributed by atoms with Crippen molar-refractivity contribution in [2.45, 2.75) is 387 Å². The number of rotatable bonds is 1. The fraction of sp³-hybridized carbons (Fsp3) is 0.886. The standard InChI is InChI=1S/C10H12.C9H15N.C8H8O2.C6H13N.C6H12O.C5H10N2O.C5H9N.C5H11N.C5H10O.C5H10S.C4H10N2.C4H9NO.C4H9NS.C4H9N.C4H8O2.15C2H6/c1-2-6-10-8-4-3-7-9(10)5-1;1-2-7-3-6(1)8-4-10-5-9(7)8;1-2-4-8-7(3-1)9-5-6-10-8;2*1-2-4-6-7-5-3-1;8-5-7-3-1-6-2-4-7;1-4-2-6-3-5(1)4;3*1-2-4-6-5-3-1;1-2-6-4-3-5-1;2*1-3-6-4-2-5-1;1-2-4-5-3-1;1-2-5-4-6-3-1;15*1-2/h1-2,5-6H,3-4,7-8H2;6-10H,1-5H2;1-4H,5-6H2;7H,1-6H2;1-6H2;5-6H,1-4H2;4-6H,1-3H2;6H,1-5H2;2*1-5H2;5-6H,1-4H2;2*5H,1-4H2;5H,1-4H2;1-4H2;15*1-2H3. The van der Waals surface area contributed by atoms with Crippen LogP contribution in [-0.4, -0.2) is 251 Å². The van der Waals surface area contributed by atoms with Crippen molar-refractivity contribution in [3.63, 3.8) is 0 Å². The van der Waals surface area contributed by atoms with Gasteiger partial charge in [-0.2, -0.15) is 23.5 Å². The molecule has 14 heterocycles. The lowest BCUT2D eigenvalue weighted by atomic mass is 9.82. The van der Waals surface area contributed by atoms with E-state index in [1.165, 1.54) is 256 Å². The number of thioether (sulfide) groups is 2. The quantitative estimate of drug-likeness (QED) is 0.121. The van der Waals surface area contributed by atoms with E-state index >= 15 is 0 Å². The number of nitrogens with zero attached hydrogens (tertiary/aromatic N) is 1. The van der Waals surface area contributed by atoms with Crippen molar-refractivity contribution in [3.8, 4) is 11.5 Å². The molecule has 19 nitrogen and oxygen atoms in total. The molecule has 135 heavy (non-hydrogen) atoms. The zero-order valence-electron chi connectivity index (χ0n) is 96.2. The molecule has 21 heteroatoms. The Morgan fingerprint density at radius 3 is 0.800 bits per heavy atom. The maximum Gasteiger partial charge on any atom is 0.209 e. The molecule has 3 saturated carbocycles. The second-order valence-electron chi connectivity index (χ2n) is 30.1. The molecule has 0 aromatic heterocycles.